The number of benzene rings is 2. The molecule has 0 aliphatic heterocycles. The third kappa shape index (κ3) is 7.71. The van der Waals surface area contributed by atoms with Crippen molar-refractivity contribution in [2.75, 3.05) is 11.9 Å². The van der Waals surface area contributed by atoms with Gasteiger partial charge in [-0.2, -0.15) is 5.10 Å². The molecule has 3 N–H and O–H groups in total. The predicted octanol–water partition coefficient (Wildman–Crippen LogP) is 2.86. The van der Waals surface area contributed by atoms with E-state index in [1.807, 2.05) is 6.92 Å². The number of anilines is 1. The summed E-state index contributed by atoms with van der Waals surface area (Å²) in [5, 5.41) is 8.71. The fourth-order valence-corrected chi connectivity index (χ4v) is 2.42. The van der Waals surface area contributed by atoms with Gasteiger partial charge in [0.1, 0.15) is 11.6 Å². The molecule has 1 atom stereocenters. The van der Waals surface area contributed by atoms with Crippen molar-refractivity contribution in [1.29, 1.82) is 0 Å². The number of halogens is 2. The van der Waals surface area contributed by atoms with Crippen LogP contribution in [0.5, 0.6) is 5.75 Å². The highest BCUT2D eigenvalue weighted by atomic mass is 35.5. The van der Waals surface area contributed by atoms with E-state index in [1.54, 1.807) is 31.2 Å². The number of carbonyl (C=O) groups excluding carboxylic acids is 3. The Kier molecular flexibility index (Phi) is 8.95. The number of hydrogen-bond acceptors (Lipinski definition) is 5. The molecule has 10 heteroatoms. The summed E-state index contributed by atoms with van der Waals surface area (Å²) in [6, 6.07) is 10.3. The predicted molar refractivity (Wildman–Crippen MR) is 116 cm³/mol. The highest BCUT2D eigenvalue weighted by Gasteiger charge is 2.14. The van der Waals surface area contributed by atoms with Crippen molar-refractivity contribution in [2.24, 2.45) is 5.10 Å². The molecule has 0 saturated heterocycles. The molecule has 0 heterocycles. The summed E-state index contributed by atoms with van der Waals surface area (Å²) >= 11 is 5.69. The highest BCUT2D eigenvalue weighted by Crippen LogP contribution is 2.20. The van der Waals surface area contributed by atoms with Gasteiger partial charge in [0.25, 0.3) is 5.91 Å². The van der Waals surface area contributed by atoms with Gasteiger partial charge in [-0.1, -0.05) is 30.7 Å². The Balaban J connectivity index is 1.91. The summed E-state index contributed by atoms with van der Waals surface area (Å²) in [6.45, 7) is 3.33. The van der Waals surface area contributed by atoms with Gasteiger partial charge in [0, 0.05) is 17.3 Å². The number of amides is 3. The number of hydrazone groups is 1. The zero-order valence-electron chi connectivity index (χ0n) is 16.9. The summed E-state index contributed by atoms with van der Waals surface area (Å²) in [7, 11) is 0. The summed E-state index contributed by atoms with van der Waals surface area (Å²) in [4.78, 5) is 35.5. The van der Waals surface area contributed by atoms with Gasteiger partial charge in [-0.25, -0.2) is 9.82 Å². The molecular weight excluding hydrogens is 427 g/mol. The Morgan fingerprint density at radius 2 is 1.94 bits per heavy atom. The van der Waals surface area contributed by atoms with Crippen molar-refractivity contribution in [3.63, 3.8) is 0 Å². The molecule has 164 valence electrons. The van der Waals surface area contributed by atoms with Gasteiger partial charge in [-0.3, -0.25) is 14.4 Å². The lowest BCUT2D eigenvalue weighted by Crippen LogP contribution is -2.41. The van der Waals surface area contributed by atoms with Gasteiger partial charge >= 0.3 is 11.8 Å². The lowest BCUT2D eigenvalue weighted by molar-refractivity contribution is -0.139. The monoisotopic (exact) mass is 448 g/mol. The smallest absolute Gasteiger partial charge is 0.329 e. The Morgan fingerprint density at radius 1 is 1.19 bits per heavy atom. The molecule has 3 amide bonds. The molecule has 2 aromatic carbocycles. The maximum atomic E-state index is 13.2. The van der Waals surface area contributed by atoms with Crippen LogP contribution < -0.4 is 20.8 Å². The third-order valence-corrected chi connectivity index (χ3v) is 4.34. The van der Waals surface area contributed by atoms with Gasteiger partial charge in [0.15, 0.2) is 6.61 Å². The topological polar surface area (TPSA) is 109 Å². The number of rotatable bonds is 8. The molecule has 0 spiro atoms. The first-order valence-corrected chi connectivity index (χ1v) is 9.78. The Bertz CT molecular complexity index is 984. The van der Waals surface area contributed by atoms with Crippen LogP contribution in [-0.2, 0) is 14.4 Å². The van der Waals surface area contributed by atoms with Crippen LogP contribution >= 0.6 is 11.6 Å². The van der Waals surface area contributed by atoms with E-state index >= 15 is 0 Å². The van der Waals surface area contributed by atoms with E-state index in [0.717, 1.165) is 6.07 Å². The van der Waals surface area contributed by atoms with E-state index in [4.69, 9.17) is 16.3 Å². The molecule has 0 bridgehead atoms. The fraction of sp³-hybridized carbons (Fsp3) is 0.238. The Morgan fingerprint density at radius 3 is 2.65 bits per heavy atom. The van der Waals surface area contributed by atoms with Crippen LogP contribution in [0.4, 0.5) is 10.1 Å². The molecular formula is C21H22ClFN4O4. The van der Waals surface area contributed by atoms with Gasteiger partial charge < -0.3 is 15.4 Å². The molecule has 0 aromatic heterocycles. The normalized spacial score (nSPS) is 11.6. The van der Waals surface area contributed by atoms with Crippen LogP contribution in [0, 0.1) is 5.82 Å². The summed E-state index contributed by atoms with van der Waals surface area (Å²) < 4.78 is 18.7. The lowest BCUT2D eigenvalue weighted by Gasteiger charge is -2.10. The maximum absolute atomic E-state index is 13.2. The van der Waals surface area contributed by atoms with Crippen LogP contribution in [0.15, 0.2) is 47.6 Å². The Hall–Kier alpha value is -3.46. The third-order valence-electron chi connectivity index (χ3n) is 4.05. The summed E-state index contributed by atoms with van der Waals surface area (Å²) in [5.41, 5.74) is 2.94. The minimum atomic E-state index is -0.896. The van der Waals surface area contributed by atoms with Crippen LogP contribution in [0.25, 0.3) is 0 Å². The first-order chi connectivity index (χ1) is 14.8. The fourth-order valence-electron chi connectivity index (χ4n) is 2.24. The SMILES string of the molecule is CC[C@@H](C)NC(=O)C(=O)N/N=C\c1ccccc1OCC(=O)Nc1ccc(F)c(Cl)c1. The minimum absolute atomic E-state index is 0.111. The first kappa shape index (κ1) is 23.8. The molecule has 8 nitrogen and oxygen atoms in total. The Labute approximate surface area is 183 Å². The highest BCUT2D eigenvalue weighted by molar-refractivity contribution is 6.35. The molecule has 0 aliphatic rings. The van der Waals surface area contributed by atoms with Crippen LogP contribution in [0.1, 0.15) is 25.8 Å². The van der Waals surface area contributed by atoms with Gasteiger partial charge in [0.05, 0.1) is 11.2 Å². The zero-order valence-corrected chi connectivity index (χ0v) is 17.7. The molecule has 31 heavy (non-hydrogen) atoms. The molecule has 0 radical (unpaired) electrons. The quantitative estimate of drug-likeness (QED) is 0.328. The van der Waals surface area contributed by atoms with Crippen LogP contribution in [-0.4, -0.2) is 36.6 Å². The number of para-hydroxylation sites is 1. The largest absolute Gasteiger partial charge is 0.483 e. The average molecular weight is 449 g/mol. The molecule has 2 rings (SSSR count). The second-order valence-corrected chi connectivity index (χ2v) is 6.89. The van der Waals surface area contributed by atoms with E-state index in [2.05, 4.69) is 21.2 Å². The maximum Gasteiger partial charge on any atom is 0.329 e. The zero-order chi connectivity index (χ0) is 22.8. The molecule has 0 aliphatic carbocycles. The molecule has 0 saturated carbocycles. The van der Waals surface area contributed by atoms with E-state index in [-0.39, 0.29) is 17.7 Å². The average Bonchev–Trinajstić information content (AvgIpc) is 2.75. The van der Waals surface area contributed by atoms with Crippen molar-refractivity contribution in [3.8, 4) is 5.75 Å². The van der Waals surface area contributed by atoms with E-state index in [0.29, 0.717) is 23.4 Å². The van der Waals surface area contributed by atoms with Crippen molar-refractivity contribution in [2.45, 2.75) is 26.3 Å². The standard InChI is InChI=1S/C21H22ClFN4O4/c1-3-13(2)25-20(29)21(30)27-24-11-14-6-4-5-7-18(14)31-12-19(28)26-15-8-9-17(23)16(22)10-15/h4-11,13H,3,12H2,1-2H3,(H,25,29)(H,26,28)(H,27,30)/b24-11-/t13-/m1/s1. The minimum Gasteiger partial charge on any atom is -0.483 e. The van der Waals surface area contributed by atoms with Gasteiger partial charge in [-0.05, 0) is 43.7 Å². The second-order valence-electron chi connectivity index (χ2n) is 6.49. The number of ether oxygens (including phenoxy) is 1. The van der Waals surface area contributed by atoms with Crippen molar-refractivity contribution in [3.05, 3.63) is 58.9 Å². The number of carbonyl (C=O) groups is 3. The first-order valence-electron chi connectivity index (χ1n) is 9.40. The van der Waals surface area contributed by atoms with Crippen LogP contribution in [0.2, 0.25) is 5.02 Å². The second kappa shape index (κ2) is 11.7. The van der Waals surface area contributed by atoms with Gasteiger partial charge in [0.2, 0.25) is 0 Å². The molecule has 0 unspecified atom stereocenters. The van der Waals surface area contributed by atoms with Crippen molar-refractivity contribution < 1.29 is 23.5 Å². The van der Waals surface area contributed by atoms with Crippen molar-refractivity contribution >= 4 is 41.2 Å². The summed E-state index contributed by atoms with van der Waals surface area (Å²) in [6.07, 6.45) is 1.98. The summed E-state index contributed by atoms with van der Waals surface area (Å²) in [5.74, 6) is -2.42. The van der Waals surface area contributed by atoms with E-state index in [9.17, 15) is 18.8 Å². The van der Waals surface area contributed by atoms with Crippen LogP contribution in [0.3, 0.4) is 0 Å². The lowest BCUT2D eigenvalue weighted by atomic mass is 10.2. The number of nitrogens with one attached hydrogen (secondary N) is 3. The van der Waals surface area contributed by atoms with E-state index < -0.39 is 23.5 Å². The number of nitrogens with zero attached hydrogens (tertiary/aromatic N) is 1. The number of hydrogen-bond donors (Lipinski definition) is 3. The van der Waals surface area contributed by atoms with Gasteiger partial charge in [-0.15, -0.1) is 0 Å². The van der Waals surface area contributed by atoms with E-state index in [1.165, 1.54) is 18.3 Å². The van der Waals surface area contributed by atoms with Crippen molar-refractivity contribution in [1.82, 2.24) is 10.7 Å². The molecule has 2 aromatic rings. The molecule has 0 fully saturated rings.